The fourth-order valence-corrected chi connectivity index (χ4v) is 5.65. The van der Waals surface area contributed by atoms with Gasteiger partial charge in [-0.1, -0.05) is 105 Å². The zero-order valence-corrected chi connectivity index (χ0v) is 27.0. The van der Waals surface area contributed by atoms with Gasteiger partial charge in [-0.3, -0.25) is 4.79 Å². The highest BCUT2D eigenvalue weighted by Gasteiger charge is 2.33. The summed E-state index contributed by atoms with van der Waals surface area (Å²) in [7, 11) is 0. The van der Waals surface area contributed by atoms with Crippen LogP contribution in [0.25, 0.3) is 22.5 Å². The van der Waals surface area contributed by atoms with E-state index in [9.17, 15) is 22.2 Å². The zero-order valence-electron chi connectivity index (χ0n) is 26.2. The van der Waals surface area contributed by atoms with Gasteiger partial charge in [-0.25, -0.2) is 4.21 Å². The molecular formula is C37H35F3N2O4S. The molecule has 0 spiro atoms. The number of aromatic nitrogens is 1. The second kappa shape index (κ2) is 14.1. The Bertz CT molecular complexity index is 1840. The molecule has 2 atom stereocenters. The summed E-state index contributed by atoms with van der Waals surface area (Å²) in [6.07, 6.45) is -3.91. The second-order valence-corrected chi connectivity index (χ2v) is 13.4. The van der Waals surface area contributed by atoms with E-state index in [0.717, 1.165) is 17.2 Å². The van der Waals surface area contributed by atoms with Crippen LogP contribution in [-0.2, 0) is 29.1 Å². The molecule has 0 aliphatic heterocycles. The van der Waals surface area contributed by atoms with E-state index in [1.54, 1.807) is 42.5 Å². The monoisotopic (exact) mass is 660 g/mol. The Morgan fingerprint density at radius 1 is 0.894 bits per heavy atom. The van der Waals surface area contributed by atoms with Crippen LogP contribution in [0.1, 0.15) is 65.0 Å². The Labute approximate surface area is 274 Å². The molecule has 1 amide bonds. The van der Waals surface area contributed by atoms with E-state index in [1.165, 1.54) is 17.7 Å². The predicted molar refractivity (Wildman–Crippen MR) is 177 cm³/mol. The van der Waals surface area contributed by atoms with Crippen LogP contribution >= 0.6 is 0 Å². The molecule has 0 radical (unpaired) electrons. The van der Waals surface area contributed by atoms with Gasteiger partial charge < -0.3 is 14.4 Å². The summed E-state index contributed by atoms with van der Waals surface area (Å²) in [6, 6.07) is 29.6. The van der Waals surface area contributed by atoms with Gasteiger partial charge >= 0.3 is 6.18 Å². The lowest BCUT2D eigenvalue weighted by molar-refractivity contribution is -0.137. The van der Waals surface area contributed by atoms with Crippen LogP contribution in [0.4, 0.5) is 13.2 Å². The minimum atomic E-state index is -4.47. The number of amides is 1. The second-order valence-electron chi connectivity index (χ2n) is 12.3. The molecule has 0 aliphatic carbocycles. The number of carbonyl (C=O) groups is 1. The summed E-state index contributed by atoms with van der Waals surface area (Å²) in [5.41, 5.74) is 4.81. The Morgan fingerprint density at radius 2 is 1.53 bits per heavy atom. The first kappa shape index (κ1) is 33.8. The third-order valence-electron chi connectivity index (χ3n) is 8.00. The maximum absolute atomic E-state index is 13.6. The van der Waals surface area contributed by atoms with E-state index in [1.807, 2.05) is 18.2 Å². The third-order valence-corrected chi connectivity index (χ3v) is 8.55. The number of alkyl halides is 3. The topological polar surface area (TPSA) is 92.4 Å². The van der Waals surface area contributed by atoms with Crippen LogP contribution in [0, 0.1) is 0 Å². The minimum absolute atomic E-state index is 0.0233. The van der Waals surface area contributed by atoms with Crippen molar-refractivity contribution in [3.05, 3.63) is 137 Å². The normalized spacial score (nSPS) is 13.3. The van der Waals surface area contributed by atoms with Gasteiger partial charge in [-0.05, 0) is 57.9 Å². The van der Waals surface area contributed by atoms with Crippen molar-refractivity contribution in [1.82, 2.24) is 10.5 Å². The van der Waals surface area contributed by atoms with E-state index in [2.05, 4.69) is 55.5 Å². The molecule has 2 N–H and O–H groups in total. The van der Waals surface area contributed by atoms with Gasteiger partial charge in [-0.2, -0.15) is 13.2 Å². The Balaban J connectivity index is 1.41. The number of rotatable bonds is 10. The van der Waals surface area contributed by atoms with Crippen LogP contribution in [0.3, 0.4) is 0 Å². The molecule has 0 saturated heterocycles. The summed E-state index contributed by atoms with van der Waals surface area (Å²) in [4.78, 5) is 12.5. The predicted octanol–water partition coefficient (Wildman–Crippen LogP) is 8.65. The van der Waals surface area contributed by atoms with Crippen LogP contribution in [-0.4, -0.2) is 32.1 Å². The highest BCUT2D eigenvalue weighted by atomic mass is 32.2. The van der Waals surface area contributed by atoms with Crippen molar-refractivity contribution in [1.29, 1.82) is 0 Å². The fourth-order valence-electron chi connectivity index (χ4n) is 5.38. The van der Waals surface area contributed by atoms with E-state index < -0.39 is 22.8 Å². The number of nitrogens with zero attached hydrogens (tertiary/aromatic N) is 1. The summed E-state index contributed by atoms with van der Waals surface area (Å²) >= 11 is -1.98. The average molecular weight is 661 g/mol. The molecule has 2 unspecified atom stereocenters. The number of halogens is 3. The van der Waals surface area contributed by atoms with Gasteiger partial charge in [0.1, 0.15) is 0 Å². The largest absolute Gasteiger partial charge is 0.417 e. The number of carbonyl (C=O) groups excluding carboxylic acids is 1. The number of nitrogens with one attached hydrogen (secondary N) is 1. The number of hydrogen-bond donors (Lipinski definition) is 2. The van der Waals surface area contributed by atoms with E-state index >= 15 is 0 Å². The van der Waals surface area contributed by atoms with Crippen molar-refractivity contribution in [2.24, 2.45) is 0 Å². The van der Waals surface area contributed by atoms with Crippen LogP contribution in [0.2, 0.25) is 0 Å². The van der Waals surface area contributed by atoms with Crippen molar-refractivity contribution < 1.29 is 31.3 Å². The molecular weight excluding hydrogens is 625 g/mol. The van der Waals surface area contributed by atoms with Crippen LogP contribution < -0.4 is 5.32 Å². The molecule has 5 rings (SSSR count). The SMILES string of the molecule is CC(C)(C)c1ccc(C(Cc2ccc(C(=O)NCCS(=O)O)cc2)c2cc(-c3ccc(-c4ccccc4C(F)(F)F)cc3)on2)cc1. The molecule has 1 aromatic heterocycles. The fraction of sp³-hybridized carbons (Fsp3) is 0.243. The van der Waals surface area contributed by atoms with Gasteiger partial charge in [-0.15, -0.1) is 0 Å². The lowest BCUT2D eigenvalue weighted by Gasteiger charge is -2.21. The summed E-state index contributed by atoms with van der Waals surface area (Å²) < 4.78 is 66.4. The van der Waals surface area contributed by atoms with Gasteiger partial charge in [0.2, 0.25) is 0 Å². The summed E-state index contributed by atoms with van der Waals surface area (Å²) in [6.45, 7) is 6.54. The Hall–Kier alpha value is -4.54. The first-order valence-corrected chi connectivity index (χ1v) is 16.4. The molecule has 0 fully saturated rings. The molecule has 0 bridgehead atoms. The first-order valence-electron chi connectivity index (χ1n) is 15.1. The lowest BCUT2D eigenvalue weighted by atomic mass is 9.83. The molecule has 244 valence electrons. The first-order chi connectivity index (χ1) is 22.3. The number of benzene rings is 4. The number of hydrogen-bond acceptors (Lipinski definition) is 4. The minimum Gasteiger partial charge on any atom is -0.356 e. The van der Waals surface area contributed by atoms with E-state index in [-0.39, 0.29) is 35.1 Å². The Morgan fingerprint density at radius 3 is 2.15 bits per heavy atom. The third kappa shape index (κ3) is 8.44. The molecule has 6 nitrogen and oxygen atoms in total. The molecule has 1 heterocycles. The summed E-state index contributed by atoms with van der Waals surface area (Å²) in [5, 5.41) is 7.06. The van der Waals surface area contributed by atoms with E-state index in [4.69, 9.17) is 9.08 Å². The molecule has 47 heavy (non-hydrogen) atoms. The molecule has 4 aromatic carbocycles. The van der Waals surface area contributed by atoms with Crippen molar-refractivity contribution in [3.8, 4) is 22.5 Å². The van der Waals surface area contributed by atoms with Crippen molar-refractivity contribution in [2.45, 2.75) is 44.7 Å². The molecule has 5 aromatic rings. The lowest BCUT2D eigenvalue weighted by Crippen LogP contribution is -2.27. The zero-order chi connectivity index (χ0) is 33.8. The quantitative estimate of drug-likeness (QED) is 0.146. The standard InChI is InChI=1S/C37H35F3N2O4S/c1-36(2,3)29-18-16-26(17-19-29)31(22-24-8-10-28(11-9-24)35(43)41-20-21-47(44)45)33-23-34(46-42-33)27-14-12-25(13-15-27)30-6-4-5-7-32(30)37(38,39)40/h4-19,23,31H,20-22H2,1-3H3,(H,41,43)(H,44,45). The van der Waals surface area contributed by atoms with E-state index in [0.29, 0.717) is 34.6 Å². The molecule has 0 aliphatic rings. The van der Waals surface area contributed by atoms with Crippen molar-refractivity contribution in [3.63, 3.8) is 0 Å². The Kier molecular flexibility index (Phi) is 10.1. The summed E-state index contributed by atoms with van der Waals surface area (Å²) in [5.74, 6) is -0.0816. The molecule has 10 heteroatoms. The van der Waals surface area contributed by atoms with Gasteiger partial charge in [0.15, 0.2) is 16.8 Å². The smallest absolute Gasteiger partial charge is 0.356 e. The van der Waals surface area contributed by atoms with Crippen LogP contribution in [0.5, 0.6) is 0 Å². The van der Waals surface area contributed by atoms with Crippen molar-refractivity contribution >= 4 is 17.0 Å². The maximum atomic E-state index is 13.6. The maximum Gasteiger partial charge on any atom is 0.417 e. The molecule has 0 saturated carbocycles. The highest BCUT2D eigenvalue weighted by Crippen LogP contribution is 2.38. The van der Waals surface area contributed by atoms with Gasteiger partial charge in [0, 0.05) is 29.7 Å². The van der Waals surface area contributed by atoms with Gasteiger partial charge in [0.25, 0.3) is 5.91 Å². The van der Waals surface area contributed by atoms with Crippen LogP contribution in [0.15, 0.2) is 108 Å². The van der Waals surface area contributed by atoms with Gasteiger partial charge in [0.05, 0.1) is 17.0 Å². The highest BCUT2D eigenvalue weighted by molar-refractivity contribution is 7.79. The average Bonchev–Trinajstić information content (AvgIpc) is 3.53. The van der Waals surface area contributed by atoms with Crippen molar-refractivity contribution in [2.75, 3.05) is 12.3 Å².